The zero-order valence-corrected chi connectivity index (χ0v) is 18.6. The van der Waals surface area contributed by atoms with Gasteiger partial charge in [-0.1, -0.05) is 11.2 Å². The van der Waals surface area contributed by atoms with Gasteiger partial charge in [0.05, 0.1) is 20.8 Å². The predicted octanol–water partition coefficient (Wildman–Crippen LogP) is 2.35. The largest absolute Gasteiger partial charge is 0.493 e. The molecule has 0 saturated heterocycles. The molecule has 1 heterocycles. The molecule has 0 atom stereocenters. The van der Waals surface area contributed by atoms with Gasteiger partial charge in [-0.25, -0.2) is 0 Å². The number of methoxy groups -OCH3 is 2. The molecular formula is C18H28IN5O3. The summed E-state index contributed by atoms with van der Waals surface area (Å²) in [6.45, 7) is 5.96. The zero-order chi connectivity index (χ0) is 18.8. The van der Waals surface area contributed by atoms with Crippen LogP contribution >= 0.6 is 24.0 Å². The number of nitrogens with one attached hydrogen (secondary N) is 2. The Labute approximate surface area is 177 Å². The standard InChI is InChI=1S/C18H27N5O3.HI/c1-5-19-18(21-11-9-17-22-13(2)23-26-17)20-10-8-14-6-7-15(24-3)16(12-14)25-4;/h6-7,12H,5,8-11H2,1-4H3,(H2,19,20,21);1H. The summed E-state index contributed by atoms with van der Waals surface area (Å²) < 4.78 is 15.7. The Hall–Kier alpha value is -2.04. The monoisotopic (exact) mass is 489 g/mol. The lowest BCUT2D eigenvalue weighted by Crippen LogP contribution is -2.38. The molecule has 0 amide bonds. The summed E-state index contributed by atoms with van der Waals surface area (Å²) in [5.74, 6) is 3.48. The van der Waals surface area contributed by atoms with Crippen molar-refractivity contribution in [3.63, 3.8) is 0 Å². The molecule has 150 valence electrons. The molecule has 0 unspecified atom stereocenters. The van der Waals surface area contributed by atoms with Crippen molar-refractivity contribution in [2.45, 2.75) is 26.7 Å². The summed E-state index contributed by atoms with van der Waals surface area (Å²) in [5.41, 5.74) is 1.16. The average molecular weight is 489 g/mol. The van der Waals surface area contributed by atoms with Crippen LogP contribution in [0.2, 0.25) is 0 Å². The molecule has 1 aromatic carbocycles. The van der Waals surface area contributed by atoms with Gasteiger partial charge in [-0.3, -0.25) is 4.99 Å². The summed E-state index contributed by atoms with van der Waals surface area (Å²) >= 11 is 0. The van der Waals surface area contributed by atoms with Crippen molar-refractivity contribution < 1.29 is 14.0 Å². The molecule has 9 heteroatoms. The van der Waals surface area contributed by atoms with Gasteiger partial charge in [-0.2, -0.15) is 4.98 Å². The van der Waals surface area contributed by atoms with Crippen LogP contribution < -0.4 is 20.1 Å². The Morgan fingerprint density at radius 2 is 1.93 bits per heavy atom. The predicted molar refractivity (Wildman–Crippen MR) is 115 cm³/mol. The molecule has 27 heavy (non-hydrogen) atoms. The highest BCUT2D eigenvalue weighted by molar-refractivity contribution is 14.0. The van der Waals surface area contributed by atoms with Crippen molar-refractivity contribution in [1.29, 1.82) is 0 Å². The van der Waals surface area contributed by atoms with Gasteiger partial charge in [0.15, 0.2) is 23.3 Å². The highest BCUT2D eigenvalue weighted by Crippen LogP contribution is 2.27. The van der Waals surface area contributed by atoms with Gasteiger partial charge in [0.1, 0.15) is 0 Å². The van der Waals surface area contributed by atoms with E-state index in [1.54, 1.807) is 21.1 Å². The van der Waals surface area contributed by atoms with Crippen molar-refractivity contribution in [3.8, 4) is 11.5 Å². The number of rotatable bonds is 9. The van der Waals surface area contributed by atoms with Gasteiger partial charge in [0.25, 0.3) is 0 Å². The minimum absolute atomic E-state index is 0. The zero-order valence-electron chi connectivity index (χ0n) is 16.2. The minimum Gasteiger partial charge on any atom is -0.493 e. The van der Waals surface area contributed by atoms with Gasteiger partial charge < -0.3 is 24.6 Å². The van der Waals surface area contributed by atoms with Gasteiger partial charge in [0, 0.05) is 19.5 Å². The van der Waals surface area contributed by atoms with E-state index in [-0.39, 0.29) is 24.0 Å². The smallest absolute Gasteiger partial charge is 0.228 e. The van der Waals surface area contributed by atoms with Gasteiger partial charge in [0.2, 0.25) is 5.89 Å². The van der Waals surface area contributed by atoms with Crippen molar-refractivity contribution in [1.82, 2.24) is 20.8 Å². The molecule has 0 radical (unpaired) electrons. The number of aliphatic imine (C=N–C) groups is 1. The summed E-state index contributed by atoms with van der Waals surface area (Å²) in [6.07, 6.45) is 1.46. The quantitative estimate of drug-likeness (QED) is 0.317. The first-order valence-corrected chi connectivity index (χ1v) is 8.68. The van der Waals surface area contributed by atoms with E-state index in [9.17, 15) is 0 Å². The second-order valence-corrected chi connectivity index (χ2v) is 5.61. The van der Waals surface area contributed by atoms with E-state index in [4.69, 9.17) is 14.0 Å². The van der Waals surface area contributed by atoms with E-state index in [1.807, 2.05) is 25.1 Å². The number of nitrogens with zero attached hydrogens (tertiary/aromatic N) is 3. The first-order chi connectivity index (χ1) is 12.7. The van der Waals surface area contributed by atoms with Crippen LogP contribution in [0.1, 0.15) is 24.2 Å². The third kappa shape index (κ3) is 7.61. The van der Waals surface area contributed by atoms with E-state index in [0.29, 0.717) is 24.7 Å². The summed E-state index contributed by atoms with van der Waals surface area (Å²) in [6, 6.07) is 5.94. The maximum absolute atomic E-state index is 5.34. The molecule has 0 saturated carbocycles. The first kappa shape index (κ1) is 23.0. The van der Waals surface area contributed by atoms with Crippen molar-refractivity contribution in [2.24, 2.45) is 4.99 Å². The Balaban J connectivity index is 0.00000364. The van der Waals surface area contributed by atoms with E-state index >= 15 is 0 Å². The molecule has 8 nitrogen and oxygen atoms in total. The van der Waals surface area contributed by atoms with Gasteiger partial charge >= 0.3 is 0 Å². The molecule has 0 aliphatic heterocycles. The lowest BCUT2D eigenvalue weighted by molar-refractivity contribution is 0.354. The van der Waals surface area contributed by atoms with Crippen molar-refractivity contribution in [3.05, 3.63) is 35.5 Å². The molecule has 0 bridgehead atoms. The Morgan fingerprint density at radius 1 is 1.15 bits per heavy atom. The fourth-order valence-corrected chi connectivity index (χ4v) is 2.41. The molecule has 0 aliphatic carbocycles. The van der Waals surface area contributed by atoms with Crippen LogP contribution in [0.3, 0.4) is 0 Å². The topological polar surface area (TPSA) is 93.8 Å². The fraction of sp³-hybridized carbons (Fsp3) is 0.500. The van der Waals surface area contributed by atoms with E-state index in [1.165, 1.54) is 0 Å². The lowest BCUT2D eigenvalue weighted by atomic mass is 10.1. The third-order valence-electron chi connectivity index (χ3n) is 3.66. The summed E-state index contributed by atoms with van der Waals surface area (Å²) in [4.78, 5) is 8.71. The number of benzene rings is 1. The third-order valence-corrected chi connectivity index (χ3v) is 3.66. The summed E-state index contributed by atoms with van der Waals surface area (Å²) in [5, 5.41) is 10.3. The minimum atomic E-state index is 0. The Morgan fingerprint density at radius 3 is 2.56 bits per heavy atom. The maximum Gasteiger partial charge on any atom is 0.228 e. The molecule has 1 aromatic heterocycles. The van der Waals surface area contributed by atoms with Gasteiger partial charge in [-0.05, 0) is 38.0 Å². The highest BCUT2D eigenvalue weighted by atomic mass is 127. The van der Waals surface area contributed by atoms with Crippen LogP contribution in [0, 0.1) is 6.92 Å². The van der Waals surface area contributed by atoms with Crippen molar-refractivity contribution in [2.75, 3.05) is 33.9 Å². The second-order valence-electron chi connectivity index (χ2n) is 5.61. The van der Waals surface area contributed by atoms with Crippen LogP contribution in [0.4, 0.5) is 0 Å². The normalized spacial score (nSPS) is 10.9. The highest BCUT2D eigenvalue weighted by Gasteiger charge is 2.05. The molecule has 0 spiro atoms. The lowest BCUT2D eigenvalue weighted by Gasteiger charge is -2.12. The Bertz CT molecular complexity index is 721. The first-order valence-electron chi connectivity index (χ1n) is 8.68. The number of guanidine groups is 1. The molecular weight excluding hydrogens is 461 g/mol. The van der Waals surface area contributed by atoms with Crippen molar-refractivity contribution >= 4 is 29.9 Å². The maximum atomic E-state index is 5.34. The molecule has 0 aliphatic rings. The average Bonchev–Trinajstić information content (AvgIpc) is 3.06. The van der Waals surface area contributed by atoms with E-state index in [2.05, 4.69) is 25.8 Å². The van der Waals surface area contributed by atoms with Crippen LogP contribution in [-0.4, -0.2) is 50.0 Å². The molecule has 2 N–H and O–H groups in total. The SMILES string of the molecule is CCNC(=NCCc1nc(C)no1)NCCc1ccc(OC)c(OC)c1.I. The van der Waals surface area contributed by atoms with Crippen LogP contribution in [0.15, 0.2) is 27.7 Å². The van der Waals surface area contributed by atoms with E-state index in [0.717, 1.165) is 42.5 Å². The van der Waals surface area contributed by atoms with Gasteiger partial charge in [-0.15, -0.1) is 24.0 Å². The van der Waals surface area contributed by atoms with Crippen LogP contribution in [0.5, 0.6) is 11.5 Å². The molecule has 2 rings (SSSR count). The molecule has 0 fully saturated rings. The number of ether oxygens (including phenoxy) is 2. The van der Waals surface area contributed by atoms with E-state index < -0.39 is 0 Å². The number of aryl methyl sites for hydroxylation is 1. The number of aromatic nitrogens is 2. The fourth-order valence-electron chi connectivity index (χ4n) is 2.41. The number of hydrogen-bond donors (Lipinski definition) is 2. The Kier molecular flexibility index (Phi) is 10.5. The van der Waals surface area contributed by atoms with Crippen LogP contribution in [-0.2, 0) is 12.8 Å². The summed E-state index contributed by atoms with van der Waals surface area (Å²) in [7, 11) is 3.27. The second kappa shape index (κ2) is 12.4. The molecule has 2 aromatic rings. The van der Waals surface area contributed by atoms with Crippen LogP contribution in [0.25, 0.3) is 0 Å². The number of halogens is 1. The number of hydrogen-bond acceptors (Lipinski definition) is 6.